The van der Waals surface area contributed by atoms with Crippen LogP contribution in [0.1, 0.15) is 51.4 Å². The molecule has 2 atom stereocenters. The van der Waals surface area contributed by atoms with Crippen LogP contribution in [0.4, 0.5) is 8.78 Å². The molecule has 2 fully saturated rings. The smallest absolute Gasteiger partial charge is 0.308 e. The molecule has 0 saturated heterocycles. The van der Waals surface area contributed by atoms with Crippen molar-refractivity contribution in [3.63, 3.8) is 0 Å². The minimum atomic E-state index is -2.65. The van der Waals surface area contributed by atoms with E-state index in [-0.39, 0.29) is 37.6 Å². The van der Waals surface area contributed by atoms with Crippen molar-refractivity contribution in [1.82, 2.24) is 5.32 Å². The van der Waals surface area contributed by atoms with Crippen molar-refractivity contribution in [2.45, 2.75) is 63.3 Å². The number of hydrogen-bond donors (Lipinski definition) is 2. The van der Waals surface area contributed by atoms with Gasteiger partial charge in [0.05, 0.1) is 5.92 Å². The molecule has 4 nitrogen and oxygen atoms in total. The van der Waals surface area contributed by atoms with Gasteiger partial charge in [0, 0.05) is 24.8 Å². The summed E-state index contributed by atoms with van der Waals surface area (Å²) in [6.07, 6.45) is 2.86. The topological polar surface area (TPSA) is 66.4 Å². The van der Waals surface area contributed by atoms with E-state index in [2.05, 4.69) is 5.32 Å². The normalized spacial score (nSPS) is 30.7. The van der Waals surface area contributed by atoms with E-state index >= 15 is 0 Å². The number of carboxylic acids is 1. The Hall–Kier alpha value is -1.20. The Kier molecular flexibility index (Phi) is 4.60. The molecule has 2 aliphatic rings. The van der Waals surface area contributed by atoms with Crippen LogP contribution < -0.4 is 5.32 Å². The van der Waals surface area contributed by atoms with Crippen LogP contribution in [0.5, 0.6) is 0 Å². The van der Waals surface area contributed by atoms with Gasteiger partial charge in [-0.05, 0) is 25.7 Å². The lowest BCUT2D eigenvalue weighted by molar-refractivity contribution is -0.144. The largest absolute Gasteiger partial charge is 0.481 e. The molecule has 6 heteroatoms. The second-order valence-electron chi connectivity index (χ2n) is 5.97. The van der Waals surface area contributed by atoms with E-state index in [1.165, 1.54) is 0 Å². The molecule has 0 radical (unpaired) electrons. The average molecular weight is 289 g/mol. The molecule has 2 aliphatic carbocycles. The first kappa shape index (κ1) is 15.2. The number of aliphatic carboxylic acids is 1. The van der Waals surface area contributed by atoms with Gasteiger partial charge >= 0.3 is 5.97 Å². The van der Waals surface area contributed by atoms with E-state index in [1.54, 1.807) is 0 Å². The van der Waals surface area contributed by atoms with Crippen molar-refractivity contribution < 1.29 is 23.5 Å². The van der Waals surface area contributed by atoms with Crippen LogP contribution in [0, 0.1) is 11.8 Å². The molecule has 0 aromatic heterocycles. The predicted molar refractivity (Wildman–Crippen MR) is 68.4 cm³/mol. The van der Waals surface area contributed by atoms with Gasteiger partial charge < -0.3 is 10.4 Å². The van der Waals surface area contributed by atoms with Gasteiger partial charge in [-0.25, -0.2) is 8.78 Å². The molecule has 0 aromatic carbocycles. The van der Waals surface area contributed by atoms with Gasteiger partial charge in [-0.2, -0.15) is 0 Å². The maximum Gasteiger partial charge on any atom is 0.308 e. The zero-order chi connectivity index (χ0) is 14.8. The number of nitrogens with one attached hydrogen (secondary N) is 1. The maximum atomic E-state index is 13.1. The molecule has 0 aliphatic heterocycles. The summed E-state index contributed by atoms with van der Waals surface area (Å²) in [6.45, 7) is 0. The second kappa shape index (κ2) is 6.06. The second-order valence-corrected chi connectivity index (χ2v) is 5.97. The third-order valence-electron chi connectivity index (χ3n) is 4.50. The Bertz CT molecular complexity index is 377. The molecule has 2 N–H and O–H groups in total. The molecule has 0 aromatic rings. The number of alkyl halides is 2. The highest BCUT2D eigenvalue weighted by Crippen LogP contribution is 2.36. The summed E-state index contributed by atoms with van der Waals surface area (Å²) in [7, 11) is 0. The van der Waals surface area contributed by atoms with Crippen molar-refractivity contribution >= 4 is 11.9 Å². The Morgan fingerprint density at radius 3 is 2.25 bits per heavy atom. The lowest BCUT2D eigenvalue weighted by Crippen LogP contribution is -2.47. The third kappa shape index (κ3) is 3.67. The van der Waals surface area contributed by atoms with Gasteiger partial charge in [0.15, 0.2) is 0 Å². The molecule has 1 amide bonds. The summed E-state index contributed by atoms with van der Waals surface area (Å²) >= 11 is 0. The lowest BCUT2D eigenvalue weighted by atomic mass is 9.82. The van der Waals surface area contributed by atoms with Gasteiger partial charge in [-0.3, -0.25) is 9.59 Å². The molecular weight excluding hydrogens is 268 g/mol. The van der Waals surface area contributed by atoms with E-state index in [4.69, 9.17) is 5.11 Å². The number of amides is 1. The minimum absolute atomic E-state index is 0.184. The number of carboxylic acid groups (broad SMARTS) is 1. The molecule has 20 heavy (non-hydrogen) atoms. The number of hydrogen-bond acceptors (Lipinski definition) is 2. The molecule has 2 rings (SSSR count). The Labute approximate surface area is 116 Å². The van der Waals surface area contributed by atoms with Crippen LogP contribution in [0.2, 0.25) is 0 Å². The van der Waals surface area contributed by atoms with Crippen molar-refractivity contribution in [2.24, 2.45) is 11.8 Å². The fourth-order valence-electron chi connectivity index (χ4n) is 3.20. The van der Waals surface area contributed by atoms with E-state index in [0.29, 0.717) is 12.8 Å². The predicted octanol–water partition coefficient (Wildman–Crippen LogP) is 2.57. The molecule has 2 saturated carbocycles. The number of carbonyl (C=O) groups excluding carboxylic acids is 1. The summed E-state index contributed by atoms with van der Waals surface area (Å²) in [5.74, 6) is -4.72. The standard InChI is InChI=1S/C14H21F2NO3/c15-14(16)7-5-9(6-8-14)12(18)17-11-4-2-1-3-10(11)13(19)20/h9-11H,1-8H2,(H,17,18)(H,19,20). The van der Waals surface area contributed by atoms with Crippen LogP contribution in [0.25, 0.3) is 0 Å². The molecule has 0 spiro atoms. The first-order valence-corrected chi connectivity index (χ1v) is 7.30. The maximum absolute atomic E-state index is 13.1. The highest BCUT2D eigenvalue weighted by molar-refractivity contribution is 5.80. The lowest BCUT2D eigenvalue weighted by Gasteiger charge is -2.32. The van der Waals surface area contributed by atoms with Crippen LogP contribution in [-0.4, -0.2) is 28.9 Å². The van der Waals surface area contributed by atoms with Crippen LogP contribution >= 0.6 is 0 Å². The van der Waals surface area contributed by atoms with Crippen LogP contribution in [0.3, 0.4) is 0 Å². The monoisotopic (exact) mass is 289 g/mol. The summed E-state index contributed by atoms with van der Waals surface area (Å²) in [6, 6.07) is -0.351. The summed E-state index contributed by atoms with van der Waals surface area (Å²) in [5.41, 5.74) is 0. The number of carbonyl (C=O) groups is 2. The zero-order valence-corrected chi connectivity index (χ0v) is 11.4. The third-order valence-corrected chi connectivity index (χ3v) is 4.50. The van der Waals surface area contributed by atoms with Gasteiger partial charge in [0.2, 0.25) is 11.8 Å². The van der Waals surface area contributed by atoms with E-state index < -0.39 is 23.7 Å². The van der Waals surface area contributed by atoms with Crippen molar-refractivity contribution in [3.05, 3.63) is 0 Å². The zero-order valence-electron chi connectivity index (χ0n) is 11.4. The van der Waals surface area contributed by atoms with Gasteiger partial charge in [0.25, 0.3) is 0 Å². The van der Waals surface area contributed by atoms with Crippen LogP contribution in [-0.2, 0) is 9.59 Å². The Morgan fingerprint density at radius 2 is 1.65 bits per heavy atom. The highest BCUT2D eigenvalue weighted by Gasteiger charge is 2.39. The molecule has 114 valence electrons. The summed E-state index contributed by atoms with van der Waals surface area (Å²) in [5, 5.41) is 11.9. The Balaban J connectivity index is 1.88. The van der Waals surface area contributed by atoms with Crippen molar-refractivity contribution in [3.8, 4) is 0 Å². The first-order valence-electron chi connectivity index (χ1n) is 7.30. The minimum Gasteiger partial charge on any atom is -0.481 e. The molecule has 2 unspecified atom stereocenters. The van der Waals surface area contributed by atoms with Crippen LogP contribution in [0.15, 0.2) is 0 Å². The first-order chi connectivity index (χ1) is 9.39. The fourth-order valence-corrected chi connectivity index (χ4v) is 3.20. The quantitative estimate of drug-likeness (QED) is 0.839. The molecule has 0 heterocycles. The summed E-state index contributed by atoms with van der Waals surface area (Å²) < 4.78 is 26.1. The molecule has 0 bridgehead atoms. The average Bonchev–Trinajstić information content (AvgIpc) is 2.38. The highest BCUT2D eigenvalue weighted by atomic mass is 19.3. The van der Waals surface area contributed by atoms with Gasteiger partial charge in [0.1, 0.15) is 0 Å². The SMILES string of the molecule is O=C(NC1CCCCC1C(=O)O)C1CCC(F)(F)CC1. The van der Waals surface area contributed by atoms with Crippen molar-refractivity contribution in [2.75, 3.05) is 0 Å². The number of halogens is 2. The van der Waals surface area contributed by atoms with E-state index in [1.807, 2.05) is 0 Å². The van der Waals surface area contributed by atoms with Gasteiger partial charge in [-0.15, -0.1) is 0 Å². The molecular formula is C14H21F2NO3. The summed E-state index contributed by atoms with van der Waals surface area (Å²) in [4.78, 5) is 23.3. The Morgan fingerprint density at radius 1 is 1.05 bits per heavy atom. The van der Waals surface area contributed by atoms with E-state index in [9.17, 15) is 18.4 Å². The fraction of sp³-hybridized carbons (Fsp3) is 0.857. The number of rotatable bonds is 3. The van der Waals surface area contributed by atoms with Crippen molar-refractivity contribution in [1.29, 1.82) is 0 Å². The van der Waals surface area contributed by atoms with Gasteiger partial charge in [-0.1, -0.05) is 12.8 Å². The van der Waals surface area contributed by atoms with E-state index in [0.717, 1.165) is 12.8 Å².